The number of nitrogens with zero attached hydrogens (tertiary/aromatic N) is 1. The fourth-order valence-electron chi connectivity index (χ4n) is 1.39. The monoisotopic (exact) mass is 371 g/mol. The summed E-state index contributed by atoms with van der Waals surface area (Å²) in [5.74, 6) is 0. The van der Waals surface area contributed by atoms with Crippen LogP contribution in [0, 0.1) is 11.3 Å². The molecule has 2 amide bonds. The van der Waals surface area contributed by atoms with Crippen molar-refractivity contribution in [3.8, 4) is 6.07 Å². The molecule has 0 saturated carbocycles. The highest BCUT2D eigenvalue weighted by molar-refractivity contribution is 5.68. The smallest absolute Gasteiger partial charge is 0.407 e. The summed E-state index contributed by atoms with van der Waals surface area (Å²) in [4.78, 5) is 32.3. The zero-order valence-corrected chi connectivity index (χ0v) is 17.1. The normalized spacial score (nSPS) is 13.0. The van der Waals surface area contributed by atoms with E-state index in [2.05, 4.69) is 10.6 Å². The summed E-state index contributed by atoms with van der Waals surface area (Å²) >= 11 is 0. The summed E-state index contributed by atoms with van der Waals surface area (Å²) in [6, 6.07) is 1.93. The van der Waals surface area contributed by atoms with E-state index in [0.29, 0.717) is 0 Å². The van der Waals surface area contributed by atoms with E-state index in [4.69, 9.17) is 14.7 Å². The van der Waals surface area contributed by atoms with Gasteiger partial charge in [-0.15, -0.1) is 0 Å². The number of nitrogens with one attached hydrogen (secondary N) is 2. The van der Waals surface area contributed by atoms with Gasteiger partial charge in [-0.2, -0.15) is 5.26 Å². The maximum Gasteiger partial charge on any atom is 0.407 e. The van der Waals surface area contributed by atoms with Gasteiger partial charge in [-0.05, 0) is 55.4 Å². The van der Waals surface area contributed by atoms with Gasteiger partial charge in [-0.25, -0.2) is 9.59 Å². The maximum atomic E-state index is 11.1. The third kappa shape index (κ3) is 19.7. The molecule has 2 atom stereocenters. The van der Waals surface area contributed by atoms with Gasteiger partial charge >= 0.3 is 12.2 Å². The van der Waals surface area contributed by atoms with E-state index in [9.17, 15) is 14.4 Å². The lowest BCUT2D eigenvalue weighted by molar-refractivity contribution is -0.109. The Labute approximate surface area is 156 Å². The van der Waals surface area contributed by atoms with Gasteiger partial charge in [-0.1, -0.05) is 0 Å². The zero-order chi connectivity index (χ0) is 21.0. The Hall–Kier alpha value is -2.30. The van der Waals surface area contributed by atoms with Crippen molar-refractivity contribution in [2.24, 2.45) is 0 Å². The number of rotatable bonds is 5. The molecule has 2 N–H and O–H groups in total. The van der Waals surface area contributed by atoms with Gasteiger partial charge in [0.25, 0.3) is 0 Å². The Morgan fingerprint density at radius 1 is 0.962 bits per heavy atom. The lowest BCUT2D eigenvalue weighted by Gasteiger charge is -2.21. The third-order valence-electron chi connectivity index (χ3n) is 2.38. The number of nitriles is 1. The number of carbonyl (C=O) groups is 3. The number of hydrogen-bond donors (Lipinski definition) is 2. The second-order valence-corrected chi connectivity index (χ2v) is 7.95. The van der Waals surface area contributed by atoms with E-state index >= 15 is 0 Å². The second kappa shape index (κ2) is 12.1. The van der Waals surface area contributed by atoms with Gasteiger partial charge in [0, 0.05) is 17.5 Å². The Morgan fingerprint density at radius 3 is 1.65 bits per heavy atom. The van der Waals surface area contributed by atoms with Crippen molar-refractivity contribution in [2.75, 3.05) is 0 Å². The maximum absolute atomic E-state index is 11.1. The number of hydrogen-bond acceptors (Lipinski definition) is 6. The van der Waals surface area contributed by atoms with Crippen LogP contribution < -0.4 is 10.6 Å². The van der Waals surface area contributed by atoms with Crippen LogP contribution in [0.4, 0.5) is 9.59 Å². The van der Waals surface area contributed by atoms with Crippen molar-refractivity contribution in [3.05, 3.63) is 0 Å². The van der Waals surface area contributed by atoms with Gasteiger partial charge in [0.05, 0.1) is 12.5 Å². The number of amides is 2. The topological polar surface area (TPSA) is 118 Å². The summed E-state index contributed by atoms with van der Waals surface area (Å²) < 4.78 is 9.78. The van der Waals surface area contributed by atoms with Crippen molar-refractivity contribution >= 4 is 18.5 Å². The molecule has 0 heterocycles. The predicted molar refractivity (Wildman–Crippen MR) is 98.6 cm³/mol. The Bertz CT molecular complexity index is 487. The lowest BCUT2D eigenvalue weighted by Crippen LogP contribution is -2.42. The van der Waals surface area contributed by atoms with E-state index in [1.54, 1.807) is 13.8 Å². The van der Waals surface area contributed by atoms with E-state index in [-0.39, 0.29) is 36.1 Å². The molecule has 0 saturated heterocycles. The molecule has 0 unspecified atom stereocenters. The van der Waals surface area contributed by atoms with E-state index < -0.39 is 12.2 Å². The van der Waals surface area contributed by atoms with Crippen molar-refractivity contribution in [1.29, 1.82) is 5.26 Å². The van der Waals surface area contributed by atoms with Crippen LogP contribution in [-0.4, -0.2) is 41.8 Å². The SMILES string of the molecule is C[C@@H](CC#N)OC(=O)NC(C)(C)C.C[C@@H](CC=O)OC(=O)NC(C)(C)C. The standard InChI is InChI=1S/C9H16N2O2.C9H17NO3/c1-7(5-6-10)13-8(12)11-9(2,3)4;1-7(5-6-11)13-8(12)10-9(2,3)4/h7H,5H2,1-4H3,(H,11,12);6-7H,5H2,1-4H3,(H,10,12)/t2*7-/m00/s1. The number of carbonyl (C=O) groups excluding carboxylic acids is 3. The average molecular weight is 371 g/mol. The van der Waals surface area contributed by atoms with Crippen LogP contribution in [0.1, 0.15) is 68.2 Å². The molecule has 0 rings (SSSR count). The first-order valence-corrected chi connectivity index (χ1v) is 8.48. The molecular formula is C18H33N3O5. The van der Waals surface area contributed by atoms with Crippen LogP contribution in [0.15, 0.2) is 0 Å². The molecule has 0 aromatic rings. The van der Waals surface area contributed by atoms with Gasteiger partial charge in [0.15, 0.2) is 0 Å². The van der Waals surface area contributed by atoms with Crippen LogP contribution in [0.25, 0.3) is 0 Å². The molecule has 0 aliphatic carbocycles. The molecule has 0 fully saturated rings. The summed E-state index contributed by atoms with van der Waals surface area (Å²) in [5.41, 5.74) is -0.610. The van der Waals surface area contributed by atoms with Gasteiger partial charge in [0.2, 0.25) is 0 Å². The summed E-state index contributed by atoms with van der Waals surface area (Å²) in [6.07, 6.45) is -0.492. The number of alkyl carbamates (subject to hydrolysis) is 2. The second-order valence-electron chi connectivity index (χ2n) is 7.95. The minimum atomic E-state index is -0.484. The summed E-state index contributed by atoms with van der Waals surface area (Å²) in [6.45, 7) is 14.5. The average Bonchev–Trinajstić information content (AvgIpc) is 2.34. The molecule has 0 aliphatic rings. The highest BCUT2D eigenvalue weighted by Crippen LogP contribution is 2.02. The first-order chi connectivity index (χ1) is 11.7. The molecule has 0 aliphatic heterocycles. The molecule has 0 spiro atoms. The molecule has 0 bridgehead atoms. The van der Waals surface area contributed by atoms with Crippen molar-refractivity contribution < 1.29 is 23.9 Å². The summed E-state index contributed by atoms with van der Waals surface area (Å²) in [7, 11) is 0. The molecule has 0 aromatic heterocycles. The molecule has 0 aromatic carbocycles. The number of aldehydes is 1. The fraction of sp³-hybridized carbons (Fsp3) is 0.778. The van der Waals surface area contributed by atoms with E-state index in [1.165, 1.54) is 0 Å². The van der Waals surface area contributed by atoms with Gasteiger partial charge in [0.1, 0.15) is 18.5 Å². The van der Waals surface area contributed by atoms with Crippen LogP contribution in [-0.2, 0) is 14.3 Å². The highest BCUT2D eigenvalue weighted by Gasteiger charge is 2.17. The quantitative estimate of drug-likeness (QED) is 0.716. The fourth-order valence-corrected chi connectivity index (χ4v) is 1.39. The Morgan fingerprint density at radius 2 is 1.35 bits per heavy atom. The van der Waals surface area contributed by atoms with Crippen molar-refractivity contribution in [1.82, 2.24) is 10.6 Å². The molecular weight excluding hydrogens is 338 g/mol. The van der Waals surface area contributed by atoms with Gasteiger partial charge < -0.3 is 24.9 Å². The minimum absolute atomic E-state index is 0.220. The van der Waals surface area contributed by atoms with Crippen LogP contribution in [0.3, 0.4) is 0 Å². The molecule has 26 heavy (non-hydrogen) atoms. The zero-order valence-electron chi connectivity index (χ0n) is 17.1. The van der Waals surface area contributed by atoms with Crippen LogP contribution >= 0.6 is 0 Å². The molecule has 150 valence electrons. The molecule has 8 nitrogen and oxygen atoms in total. The Balaban J connectivity index is 0. The lowest BCUT2D eigenvalue weighted by atomic mass is 10.1. The minimum Gasteiger partial charge on any atom is -0.446 e. The molecule has 0 radical (unpaired) electrons. The Kier molecular flexibility index (Phi) is 12.1. The summed E-state index contributed by atoms with van der Waals surface area (Å²) in [5, 5.41) is 13.6. The third-order valence-corrected chi connectivity index (χ3v) is 2.38. The predicted octanol–water partition coefficient (Wildman–Crippen LogP) is 3.30. The number of ether oxygens (including phenoxy) is 2. The van der Waals surface area contributed by atoms with Crippen LogP contribution in [0.2, 0.25) is 0 Å². The largest absolute Gasteiger partial charge is 0.446 e. The highest BCUT2D eigenvalue weighted by atomic mass is 16.6. The van der Waals surface area contributed by atoms with E-state index in [1.807, 2.05) is 47.6 Å². The first-order valence-electron chi connectivity index (χ1n) is 8.48. The molecule has 8 heteroatoms. The van der Waals surface area contributed by atoms with Crippen molar-refractivity contribution in [3.63, 3.8) is 0 Å². The first kappa shape index (κ1) is 25.9. The van der Waals surface area contributed by atoms with E-state index in [0.717, 1.165) is 6.29 Å². The van der Waals surface area contributed by atoms with Gasteiger partial charge in [-0.3, -0.25) is 0 Å². The van der Waals surface area contributed by atoms with Crippen LogP contribution in [0.5, 0.6) is 0 Å². The van der Waals surface area contributed by atoms with Crippen molar-refractivity contribution in [2.45, 2.75) is 91.5 Å².